The monoisotopic (exact) mass is 272 g/mol. The number of aliphatic carboxylic acids is 1. The normalized spacial score (nSPS) is 11.2. The van der Waals surface area contributed by atoms with Crippen LogP contribution in [-0.2, 0) is 4.79 Å². The van der Waals surface area contributed by atoms with Crippen LogP contribution in [0.5, 0.6) is 11.5 Å². The number of halogens is 1. The first-order valence-corrected chi connectivity index (χ1v) is 6.00. The fraction of sp³-hybridized carbons (Fsp3) is 0.0625. The highest BCUT2D eigenvalue weighted by atomic mass is 19.1. The molecule has 0 saturated carbocycles. The Morgan fingerprint density at radius 1 is 1.20 bits per heavy atom. The van der Waals surface area contributed by atoms with E-state index in [9.17, 15) is 9.18 Å². The predicted octanol–water partition coefficient (Wildman–Crippen LogP) is 4.11. The quantitative estimate of drug-likeness (QED) is 0.852. The summed E-state index contributed by atoms with van der Waals surface area (Å²) >= 11 is 0. The molecule has 2 aromatic carbocycles. The highest BCUT2D eigenvalue weighted by Crippen LogP contribution is 2.26. The summed E-state index contributed by atoms with van der Waals surface area (Å²) < 4.78 is 19.1. The second-order valence-corrected chi connectivity index (χ2v) is 4.24. The maximum absolute atomic E-state index is 13.7. The van der Waals surface area contributed by atoms with E-state index < -0.39 is 11.8 Å². The van der Waals surface area contributed by atoms with Crippen molar-refractivity contribution in [2.24, 2.45) is 0 Å². The molecule has 0 aromatic heterocycles. The Labute approximate surface area is 115 Å². The van der Waals surface area contributed by atoms with E-state index in [1.165, 1.54) is 31.2 Å². The van der Waals surface area contributed by atoms with Gasteiger partial charge in [-0.1, -0.05) is 24.3 Å². The van der Waals surface area contributed by atoms with Crippen LogP contribution in [0, 0.1) is 5.82 Å². The SMILES string of the molecule is C/C(=C\c1ccc(F)c(Oc2ccccc2)c1)C(=O)O. The third-order valence-corrected chi connectivity index (χ3v) is 2.65. The van der Waals surface area contributed by atoms with E-state index in [4.69, 9.17) is 9.84 Å². The molecule has 20 heavy (non-hydrogen) atoms. The molecule has 0 radical (unpaired) electrons. The van der Waals surface area contributed by atoms with Crippen molar-refractivity contribution < 1.29 is 19.0 Å². The Morgan fingerprint density at radius 3 is 2.55 bits per heavy atom. The van der Waals surface area contributed by atoms with Crippen LogP contribution in [0.4, 0.5) is 4.39 Å². The number of ether oxygens (including phenoxy) is 1. The fourth-order valence-corrected chi connectivity index (χ4v) is 1.62. The number of carboxylic acid groups (broad SMARTS) is 1. The summed E-state index contributed by atoms with van der Waals surface area (Å²) in [6.45, 7) is 1.48. The first kappa shape index (κ1) is 13.8. The van der Waals surface area contributed by atoms with Gasteiger partial charge in [0.25, 0.3) is 0 Å². The topological polar surface area (TPSA) is 46.5 Å². The van der Waals surface area contributed by atoms with Crippen LogP contribution in [0.3, 0.4) is 0 Å². The molecule has 0 atom stereocenters. The van der Waals surface area contributed by atoms with Crippen LogP contribution in [0.25, 0.3) is 6.08 Å². The molecule has 0 heterocycles. The van der Waals surface area contributed by atoms with Crippen LogP contribution in [-0.4, -0.2) is 11.1 Å². The molecule has 0 bridgehead atoms. The smallest absolute Gasteiger partial charge is 0.331 e. The second kappa shape index (κ2) is 6.02. The summed E-state index contributed by atoms with van der Waals surface area (Å²) in [5.41, 5.74) is 0.736. The number of benzene rings is 2. The Balaban J connectivity index is 2.30. The lowest BCUT2D eigenvalue weighted by atomic mass is 10.1. The molecule has 4 heteroatoms. The van der Waals surface area contributed by atoms with Crippen molar-refractivity contribution in [3.63, 3.8) is 0 Å². The number of para-hydroxylation sites is 1. The van der Waals surface area contributed by atoms with Gasteiger partial charge in [-0.25, -0.2) is 9.18 Å². The minimum Gasteiger partial charge on any atom is -0.478 e. The molecule has 0 unspecified atom stereocenters. The zero-order valence-corrected chi connectivity index (χ0v) is 10.8. The first-order chi connectivity index (χ1) is 9.56. The third kappa shape index (κ3) is 3.45. The summed E-state index contributed by atoms with van der Waals surface area (Å²) in [5.74, 6) is -0.940. The number of rotatable bonds is 4. The Hall–Kier alpha value is -2.62. The van der Waals surface area contributed by atoms with Crippen molar-refractivity contribution in [2.45, 2.75) is 6.92 Å². The average Bonchev–Trinajstić information content (AvgIpc) is 2.43. The molecule has 0 saturated heterocycles. The highest BCUT2D eigenvalue weighted by molar-refractivity contribution is 5.91. The molecule has 0 amide bonds. The summed E-state index contributed by atoms with van der Waals surface area (Å²) in [6, 6.07) is 13.0. The van der Waals surface area contributed by atoms with Gasteiger partial charge in [0.15, 0.2) is 11.6 Å². The molecule has 0 spiro atoms. The van der Waals surface area contributed by atoms with Gasteiger partial charge in [0.05, 0.1) is 0 Å². The number of hydrogen-bond acceptors (Lipinski definition) is 2. The van der Waals surface area contributed by atoms with Gasteiger partial charge in [-0.15, -0.1) is 0 Å². The van der Waals surface area contributed by atoms with Gasteiger partial charge in [0.1, 0.15) is 5.75 Å². The number of carbonyl (C=O) groups is 1. The summed E-state index contributed by atoms with van der Waals surface area (Å²) in [7, 11) is 0. The molecular formula is C16H13FO3. The molecule has 3 nitrogen and oxygen atoms in total. The van der Waals surface area contributed by atoms with E-state index in [1.807, 2.05) is 6.07 Å². The van der Waals surface area contributed by atoms with Crippen molar-refractivity contribution in [1.29, 1.82) is 0 Å². The second-order valence-electron chi connectivity index (χ2n) is 4.24. The van der Waals surface area contributed by atoms with Gasteiger partial charge >= 0.3 is 5.97 Å². The molecule has 0 aliphatic rings. The van der Waals surface area contributed by atoms with Crippen LogP contribution >= 0.6 is 0 Å². The van der Waals surface area contributed by atoms with Crippen molar-refractivity contribution >= 4 is 12.0 Å². The molecule has 102 valence electrons. The van der Waals surface area contributed by atoms with Gasteiger partial charge in [-0.2, -0.15) is 0 Å². The van der Waals surface area contributed by atoms with Gasteiger partial charge in [-0.3, -0.25) is 0 Å². The maximum atomic E-state index is 13.7. The Bertz CT molecular complexity index is 648. The summed E-state index contributed by atoms with van der Waals surface area (Å²) in [6.07, 6.45) is 1.46. The zero-order valence-electron chi connectivity index (χ0n) is 10.8. The Morgan fingerprint density at radius 2 is 1.90 bits per heavy atom. The van der Waals surface area contributed by atoms with Crippen LogP contribution in [0.15, 0.2) is 54.1 Å². The van der Waals surface area contributed by atoms with Crippen LogP contribution in [0.1, 0.15) is 12.5 Å². The first-order valence-electron chi connectivity index (χ1n) is 6.00. The predicted molar refractivity (Wildman–Crippen MR) is 74.2 cm³/mol. The number of carboxylic acids is 1. The average molecular weight is 272 g/mol. The van der Waals surface area contributed by atoms with Crippen molar-refractivity contribution in [1.82, 2.24) is 0 Å². The minimum atomic E-state index is -1.01. The fourth-order valence-electron chi connectivity index (χ4n) is 1.62. The standard InChI is InChI=1S/C16H13FO3/c1-11(16(18)19)9-12-7-8-14(17)15(10-12)20-13-5-3-2-4-6-13/h2-10H,1H3,(H,18,19)/b11-9+. The zero-order chi connectivity index (χ0) is 14.5. The highest BCUT2D eigenvalue weighted by Gasteiger charge is 2.07. The van der Waals surface area contributed by atoms with Gasteiger partial charge < -0.3 is 9.84 Å². The van der Waals surface area contributed by atoms with Crippen molar-refractivity contribution in [2.75, 3.05) is 0 Å². The lowest BCUT2D eigenvalue weighted by molar-refractivity contribution is -0.132. The van der Waals surface area contributed by atoms with E-state index in [0.717, 1.165) is 0 Å². The molecule has 0 aliphatic carbocycles. The van der Waals surface area contributed by atoms with E-state index in [1.54, 1.807) is 24.3 Å². The van der Waals surface area contributed by atoms with Crippen molar-refractivity contribution in [3.05, 3.63) is 65.5 Å². The van der Waals surface area contributed by atoms with Crippen molar-refractivity contribution in [3.8, 4) is 11.5 Å². The molecule has 2 aromatic rings. The molecule has 1 N–H and O–H groups in total. The van der Waals surface area contributed by atoms with E-state index >= 15 is 0 Å². The van der Waals surface area contributed by atoms with Gasteiger partial charge in [0, 0.05) is 5.57 Å². The minimum absolute atomic E-state index is 0.0585. The van der Waals surface area contributed by atoms with E-state index in [2.05, 4.69) is 0 Å². The largest absolute Gasteiger partial charge is 0.478 e. The van der Waals surface area contributed by atoms with Crippen LogP contribution < -0.4 is 4.74 Å². The van der Waals surface area contributed by atoms with E-state index in [-0.39, 0.29) is 11.3 Å². The molecular weight excluding hydrogens is 259 g/mol. The Kier molecular flexibility index (Phi) is 4.15. The lowest BCUT2D eigenvalue weighted by Gasteiger charge is -2.07. The van der Waals surface area contributed by atoms with E-state index in [0.29, 0.717) is 11.3 Å². The van der Waals surface area contributed by atoms with Gasteiger partial charge in [-0.05, 0) is 42.8 Å². The summed E-state index contributed by atoms with van der Waals surface area (Å²) in [4.78, 5) is 10.8. The molecule has 0 aliphatic heterocycles. The molecule has 2 rings (SSSR count). The molecule has 0 fully saturated rings. The van der Waals surface area contributed by atoms with Crippen LogP contribution in [0.2, 0.25) is 0 Å². The maximum Gasteiger partial charge on any atom is 0.331 e. The van der Waals surface area contributed by atoms with Gasteiger partial charge in [0.2, 0.25) is 0 Å². The summed E-state index contributed by atoms with van der Waals surface area (Å²) in [5, 5.41) is 8.83. The number of hydrogen-bond donors (Lipinski definition) is 1. The third-order valence-electron chi connectivity index (χ3n) is 2.65. The lowest BCUT2D eigenvalue weighted by Crippen LogP contribution is -1.96.